The predicted octanol–water partition coefficient (Wildman–Crippen LogP) is 4.32. The fourth-order valence-corrected chi connectivity index (χ4v) is 4.92. The molecule has 0 saturated carbocycles. The van der Waals surface area contributed by atoms with E-state index in [1.165, 1.54) is 37.2 Å². The first-order chi connectivity index (χ1) is 17.3. The quantitative estimate of drug-likeness (QED) is 0.408. The summed E-state index contributed by atoms with van der Waals surface area (Å²) in [5.41, 5.74) is 0.308. The molecule has 0 spiro atoms. The highest BCUT2D eigenvalue weighted by Gasteiger charge is 2.34. The van der Waals surface area contributed by atoms with Gasteiger partial charge in [0.2, 0.25) is 11.8 Å². The number of nitrogens with one attached hydrogen (secondary N) is 1. The average molecular weight is 576 g/mol. The maximum Gasteiger partial charge on any atom is 0.304 e. The molecular weight excluding hydrogens is 542 g/mol. The van der Waals surface area contributed by atoms with Gasteiger partial charge in [0.15, 0.2) is 0 Å². The molecule has 204 valence electrons. The number of nitrogens with zero attached hydrogens (tertiary/aromatic N) is 3. The number of carbonyl (C=O) groups excluding carboxylic acids is 2. The van der Waals surface area contributed by atoms with Crippen LogP contribution in [0.25, 0.3) is 0 Å². The van der Waals surface area contributed by atoms with Gasteiger partial charge >= 0.3 is 10.2 Å². The molecule has 0 bridgehead atoms. The maximum atomic E-state index is 14.7. The highest BCUT2D eigenvalue weighted by atomic mass is 35.5. The van der Waals surface area contributed by atoms with E-state index in [9.17, 15) is 22.4 Å². The van der Waals surface area contributed by atoms with Crippen LogP contribution >= 0.6 is 23.2 Å². The van der Waals surface area contributed by atoms with Crippen molar-refractivity contribution in [2.75, 3.05) is 31.5 Å². The van der Waals surface area contributed by atoms with Crippen LogP contribution in [0.4, 0.5) is 10.1 Å². The summed E-state index contributed by atoms with van der Waals surface area (Å²) in [5, 5.41) is 3.43. The largest absolute Gasteiger partial charge is 0.354 e. The summed E-state index contributed by atoms with van der Waals surface area (Å²) < 4.78 is 42.6. The molecule has 0 aliphatic rings. The van der Waals surface area contributed by atoms with Crippen LogP contribution in [0.5, 0.6) is 0 Å². The highest BCUT2D eigenvalue weighted by Crippen LogP contribution is 2.26. The van der Waals surface area contributed by atoms with E-state index < -0.39 is 34.5 Å². The van der Waals surface area contributed by atoms with E-state index in [2.05, 4.69) is 5.32 Å². The molecule has 2 rings (SSSR count). The van der Waals surface area contributed by atoms with Crippen molar-refractivity contribution in [1.29, 1.82) is 0 Å². The van der Waals surface area contributed by atoms with E-state index in [0.717, 1.165) is 10.4 Å². The summed E-state index contributed by atoms with van der Waals surface area (Å²) in [6.07, 6.45) is 0.261. The Balaban J connectivity index is 2.52. The first kappa shape index (κ1) is 30.8. The molecule has 2 aromatic rings. The van der Waals surface area contributed by atoms with Gasteiger partial charge in [-0.15, -0.1) is 0 Å². The van der Waals surface area contributed by atoms with Crippen LogP contribution in [-0.2, 0) is 26.3 Å². The Labute approximate surface area is 228 Å². The van der Waals surface area contributed by atoms with Gasteiger partial charge in [0.05, 0.1) is 15.7 Å². The third-order valence-corrected chi connectivity index (χ3v) is 8.09. The van der Waals surface area contributed by atoms with Gasteiger partial charge in [-0.05, 0) is 42.2 Å². The van der Waals surface area contributed by atoms with Gasteiger partial charge in [0.25, 0.3) is 0 Å². The zero-order valence-electron chi connectivity index (χ0n) is 21.5. The molecule has 8 nitrogen and oxygen atoms in total. The number of amides is 2. The lowest BCUT2D eigenvalue weighted by Gasteiger charge is -2.34. The molecule has 0 unspecified atom stereocenters. The van der Waals surface area contributed by atoms with E-state index in [0.29, 0.717) is 21.4 Å². The van der Waals surface area contributed by atoms with Gasteiger partial charge in [-0.25, -0.2) is 8.70 Å². The molecule has 0 aliphatic carbocycles. The Kier molecular flexibility index (Phi) is 11.2. The number of carbonyl (C=O) groups is 2. The number of benzene rings is 2. The molecule has 0 saturated heterocycles. The third-order valence-electron chi connectivity index (χ3n) is 5.55. The Morgan fingerprint density at radius 2 is 1.70 bits per heavy atom. The first-order valence-electron chi connectivity index (χ1n) is 11.7. The summed E-state index contributed by atoms with van der Waals surface area (Å²) in [4.78, 5) is 28.1. The number of hydrogen-bond donors (Lipinski definition) is 1. The Morgan fingerprint density at radius 3 is 2.24 bits per heavy atom. The Hall–Kier alpha value is -2.40. The Bertz CT molecular complexity index is 1210. The summed E-state index contributed by atoms with van der Waals surface area (Å²) in [6, 6.07) is 9.19. The van der Waals surface area contributed by atoms with Crippen molar-refractivity contribution < 1.29 is 22.4 Å². The fraction of sp³-hybridized carbons (Fsp3) is 0.440. The number of halogens is 3. The van der Waals surface area contributed by atoms with Crippen molar-refractivity contribution in [3.63, 3.8) is 0 Å². The van der Waals surface area contributed by atoms with Crippen LogP contribution in [0.1, 0.15) is 32.8 Å². The van der Waals surface area contributed by atoms with E-state index in [1.807, 2.05) is 13.8 Å². The minimum absolute atomic E-state index is 0.0452. The van der Waals surface area contributed by atoms with Crippen molar-refractivity contribution in [2.45, 2.75) is 39.8 Å². The maximum absolute atomic E-state index is 14.7. The van der Waals surface area contributed by atoms with Gasteiger partial charge < -0.3 is 10.2 Å². The number of para-hydroxylation sites is 1. The second-order valence-electron chi connectivity index (χ2n) is 9.08. The molecule has 0 radical (unpaired) electrons. The summed E-state index contributed by atoms with van der Waals surface area (Å²) >= 11 is 12.2. The van der Waals surface area contributed by atoms with Gasteiger partial charge in [-0.3, -0.25) is 9.59 Å². The normalized spacial score (nSPS) is 12.5. The SMILES string of the molecule is CC[C@H](C(=O)NCC(C)C)N(Cc1ccc(Cl)c(Cl)c1)C(=O)CN(c1ccccc1F)S(=O)(=O)N(C)C. The molecule has 0 heterocycles. The molecule has 2 amide bonds. The lowest BCUT2D eigenvalue weighted by Crippen LogP contribution is -2.53. The van der Waals surface area contributed by atoms with Crippen molar-refractivity contribution in [3.8, 4) is 0 Å². The second-order valence-corrected chi connectivity index (χ2v) is 12.0. The van der Waals surface area contributed by atoms with Crippen LogP contribution in [0, 0.1) is 11.7 Å². The van der Waals surface area contributed by atoms with Crippen LogP contribution in [0.2, 0.25) is 10.0 Å². The molecular formula is C25H33Cl2FN4O4S. The standard InChI is InChI=1S/C25H33Cl2FN4O4S/c1-6-22(25(34)29-14-17(2)3)31(15-18-11-12-19(26)20(27)13-18)24(33)16-32(37(35,36)30(4)5)23-10-8-7-9-21(23)28/h7-13,17,22H,6,14-16H2,1-5H3,(H,29,34)/t22-/m1/s1. The monoisotopic (exact) mass is 574 g/mol. The van der Waals surface area contributed by atoms with Crippen LogP contribution in [0.3, 0.4) is 0 Å². The Morgan fingerprint density at radius 1 is 1.05 bits per heavy atom. The predicted molar refractivity (Wildman–Crippen MR) is 145 cm³/mol. The van der Waals surface area contributed by atoms with Gasteiger partial charge in [-0.1, -0.05) is 62.2 Å². The third kappa shape index (κ3) is 8.04. The molecule has 1 N–H and O–H groups in total. The van der Waals surface area contributed by atoms with Crippen molar-refractivity contribution >= 4 is 50.9 Å². The highest BCUT2D eigenvalue weighted by molar-refractivity contribution is 7.90. The smallest absolute Gasteiger partial charge is 0.304 e. The summed E-state index contributed by atoms with van der Waals surface area (Å²) in [6.45, 7) is 5.27. The molecule has 0 fully saturated rings. The van der Waals surface area contributed by atoms with Crippen molar-refractivity contribution in [1.82, 2.24) is 14.5 Å². The summed E-state index contributed by atoms with van der Waals surface area (Å²) in [7, 11) is -1.69. The van der Waals surface area contributed by atoms with Crippen LogP contribution < -0.4 is 9.62 Å². The van der Waals surface area contributed by atoms with E-state index in [1.54, 1.807) is 25.1 Å². The number of anilines is 1. The minimum atomic E-state index is -4.26. The minimum Gasteiger partial charge on any atom is -0.354 e. The van der Waals surface area contributed by atoms with Gasteiger partial charge in [0, 0.05) is 27.2 Å². The summed E-state index contributed by atoms with van der Waals surface area (Å²) in [5.74, 6) is -1.69. The second kappa shape index (κ2) is 13.4. The number of rotatable bonds is 12. The van der Waals surface area contributed by atoms with E-state index in [-0.39, 0.29) is 35.5 Å². The van der Waals surface area contributed by atoms with E-state index in [4.69, 9.17) is 23.2 Å². The molecule has 0 aliphatic heterocycles. The topological polar surface area (TPSA) is 90.0 Å². The molecule has 2 aromatic carbocycles. The fourth-order valence-electron chi connectivity index (χ4n) is 3.53. The zero-order chi connectivity index (χ0) is 27.9. The lowest BCUT2D eigenvalue weighted by molar-refractivity contribution is -0.140. The van der Waals surface area contributed by atoms with Gasteiger partial charge in [0.1, 0.15) is 18.4 Å². The van der Waals surface area contributed by atoms with E-state index >= 15 is 0 Å². The molecule has 0 aromatic heterocycles. The van der Waals surface area contributed by atoms with Crippen LogP contribution in [-0.4, -0.2) is 62.7 Å². The lowest BCUT2D eigenvalue weighted by atomic mass is 10.1. The van der Waals surface area contributed by atoms with Gasteiger partial charge in [-0.2, -0.15) is 12.7 Å². The molecule has 37 heavy (non-hydrogen) atoms. The number of hydrogen-bond acceptors (Lipinski definition) is 4. The molecule has 1 atom stereocenters. The molecule has 12 heteroatoms. The van der Waals surface area contributed by atoms with Crippen LogP contribution in [0.15, 0.2) is 42.5 Å². The first-order valence-corrected chi connectivity index (χ1v) is 13.9. The van der Waals surface area contributed by atoms with Crippen molar-refractivity contribution in [3.05, 3.63) is 63.9 Å². The average Bonchev–Trinajstić information content (AvgIpc) is 2.83. The zero-order valence-corrected chi connectivity index (χ0v) is 23.9. The van der Waals surface area contributed by atoms with Crippen molar-refractivity contribution in [2.24, 2.45) is 5.92 Å².